The second-order valence-corrected chi connectivity index (χ2v) is 4.27. The first-order valence-electron chi connectivity index (χ1n) is 5.38. The number of aromatic nitrogens is 3. The number of hydrogen-bond acceptors (Lipinski definition) is 3. The Hall–Kier alpha value is -0.900. The summed E-state index contributed by atoms with van der Waals surface area (Å²) in [5.74, 6) is 0.703. The minimum absolute atomic E-state index is 0.407. The number of hydrogen-bond donors (Lipinski definition) is 1. The Labute approximate surface area is 84.5 Å². The first-order valence-corrected chi connectivity index (χ1v) is 5.38. The molecule has 0 radical (unpaired) electrons. The highest BCUT2D eigenvalue weighted by Crippen LogP contribution is 2.41. The Morgan fingerprint density at radius 1 is 1.50 bits per heavy atom. The van der Waals surface area contributed by atoms with Gasteiger partial charge in [-0.3, -0.25) is 0 Å². The van der Waals surface area contributed by atoms with Crippen LogP contribution >= 0.6 is 0 Å². The van der Waals surface area contributed by atoms with Gasteiger partial charge in [0.15, 0.2) is 0 Å². The van der Waals surface area contributed by atoms with Crippen molar-refractivity contribution >= 4 is 0 Å². The topological polar surface area (TPSA) is 56.7 Å². The summed E-state index contributed by atoms with van der Waals surface area (Å²) >= 11 is 0. The van der Waals surface area contributed by atoms with E-state index in [4.69, 9.17) is 5.73 Å². The molecule has 1 aromatic rings. The van der Waals surface area contributed by atoms with Gasteiger partial charge in [-0.2, -0.15) is 0 Å². The number of nitrogens with zero attached hydrogens (tertiary/aromatic N) is 3. The molecule has 0 atom stereocenters. The van der Waals surface area contributed by atoms with E-state index in [1.165, 1.54) is 18.5 Å². The van der Waals surface area contributed by atoms with Crippen molar-refractivity contribution in [2.24, 2.45) is 5.73 Å². The Balaban J connectivity index is 2.31. The van der Waals surface area contributed by atoms with Gasteiger partial charge in [-0.1, -0.05) is 5.21 Å². The van der Waals surface area contributed by atoms with Crippen molar-refractivity contribution in [1.29, 1.82) is 0 Å². The predicted molar refractivity (Wildman–Crippen MR) is 55.1 cm³/mol. The van der Waals surface area contributed by atoms with E-state index >= 15 is 0 Å². The molecular weight excluding hydrogens is 176 g/mol. The maximum Gasteiger partial charge on any atom is 0.0874 e. The first kappa shape index (κ1) is 9.65. The fourth-order valence-corrected chi connectivity index (χ4v) is 1.81. The van der Waals surface area contributed by atoms with Crippen LogP contribution in [-0.2, 0) is 6.42 Å². The van der Waals surface area contributed by atoms with Crippen LogP contribution in [0.4, 0.5) is 0 Å². The minimum Gasteiger partial charge on any atom is -0.330 e. The summed E-state index contributed by atoms with van der Waals surface area (Å²) in [6.07, 6.45) is 3.44. The predicted octanol–water partition coefficient (Wildman–Crippen LogP) is 1.24. The van der Waals surface area contributed by atoms with E-state index in [0.29, 0.717) is 18.5 Å². The molecule has 1 fully saturated rings. The Morgan fingerprint density at radius 2 is 2.21 bits per heavy atom. The molecule has 1 aliphatic carbocycles. The molecule has 1 saturated carbocycles. The van der Waals surface area contributed by atoms with Crippen molar-refractivity contribution in [3.05, 3.63) is 11.4 Å². The quantitative estimate of drug-likeness (QED) is 0.784. The van der Waals surface area contributed by atoms with E-state index in [1.54, 1.807) is 0 Å². The molecule has 2 rings (SSSR count). The second kappa shape index (κ2) is 3.69. The molecule has 14 heavy (non-hydrogen) atoms. The third kappa shape index (κ3) is 1.66. The highest BCUT2D eigenvalue weighted by atomic mass is 15.4. The Bertz CT molecular complexity index is 312. The summed E-state index contributed by atoms with van der Waals surface area (Å²) in [7, 11) is 0. The van der Waals surface area contributed by atoms with Crippen LogP contribution in [0.25, 0.3) is 0 Å². The fourth-order valence-electron chi connectivity index (χ4n) is 1.81. The van der Waals surface area contributed by atoms with Crippen molar-refractivity contribution < 1.29 is 0 Å². The molecule has 0 aliphatic heterocycles. The molecule has 0 amide bonds. The van der Waals surface area contributed by atoms with Gasteiger partial charge in [0.05, 0.1) is 11.4 Å². The number of rotatable bonds is 4. The van der Waals surface area contributed by atoms with Gasteiger partial charge in [-0.05, 0) is 33.2 Å². The van der Waals surface area contributed by atoms with E-state index in [0.717, 1.165) is 12.1 Å². The van der Waals surface area contributed by atoms with Gasteiger partial charge in [0.2, 0.25) is 0 Å². The van der Waals surface area contributed by atoms with Gasteiger partial charge in [-0.25, -0.2) is 4.68 Å². The van der Waals surface area contributed by atoms with Crippen LogP contribution in [0.3, 0.4) is 0 Å². The average Bonchev–Trinajstić information content (AvgIpc) is 2.88. The molecule has 1 aliphatic rings. The normalized spacial score (nSPS) is 16.6. The van der Waals surface area contributed by atoms with Crippen LogP contribution in [0, 0.1) is 0 Å². The molecule has 4 heteroatoms. The molecule has 1 heterocycles. The summed E-state index contributed by atoms with van der Waals surface area (Å²) in [5, 5.41) is 8.43. The SMILES string of the molecule is CC(C)n1nnc(CCN)c1C1CC1. The van der Waals surface area contributed by atoms with Crippen molar-refractivity contribution in [3.63, 3.8) is 0 Å². The van der Waals surface area contributed by atoms with Gasteiger partial charge in [0.25, 0.3) is 0 Å². The zero-order chi connectivity index (χ0) is 10.1. The summed E-state index contributed by atoms with van der Waals surface area (Å²) in [4.78, 5) is 0. The monoisotopic (exact) mass is 194 g/mol. The van der Waals surface area contributed by atoms with Crippen molar-refractivity contribution in [2.45, 2.75) is 45.1 Å². The van der Waals surface area contributed by atoms with Gasteiger partial charge < -0.3 is 5.73 Å². The van der Waals surface area contributed by atoms with E-state index in [9.17, 15) is 0 Å². The van der Waals surface area contributed by atoms with Crippen molar-refractivity contribution in [2.75, 3.05) is 6.54 Å². The smallest absolute Gasteiger partial charge is 0.0874 e. The van der Waals surface area contributed by atoms with Crippen molar-refractivity contribution in [3.8, 4) is 0 Å². The maximum absolute atomic E-state index is 5.56. The lowest BCUT2D eigenvalue weighted by molar-refractivity contribution is 0.494. The molecule has 0 saturated heterocycles. The lowest BCUT2D eigenvalue weighted by Crippen LogP contribution is -2.09. The van der Waals surface area contributed by atoms with E-state index in [-0.39, 0.29) is 0 Å². The highest BCUT2D eigenvalue weighted by Gasteiger charge is 2.31. The van der Waals surface area contributed by atoms with E-state index < -0.39 is 0 Å². The molecule has 0 bridgehead atoms. The molecule has 1 aromatic heterocycles. The Kier molecular flexibility index (Phi) is 2.54. The van der Waals surface area contributed by atoms with Crippen LogP contribution < -0.4 is 5.73 Å². The lowest BCUT2D eigenvalue weighted by Gasteiger charge is -2.09. The summed E-state index contributed by atoms with van der Waals surface area (Å²) < 4.78 is 2.06. The van der Waals surface area contributed by atoms with E-state index in [1.807, 2.05) is 0 Å². The summed E-state index contributed by atoms with van der Waals surface area (Å²) in [5.41, 5.74) is 8.01. The average molecular weight is 194 g/mol. The number of nitrogens with two attached hydrogens (primary N) is 1. The van der Waals surface area contributed by atoms with Gasteiger partial charge >= 0.3 is 0 Å². The molecule has 2 N–H and O–H groups in total. The van der Waals surface area contributed by atoms with Gasteiger partial charge in [-0.15, -0.1) is 5.10 Å². The summed E-state index contributed by atoms with van der Waals surface area (Å²) in [6, 6.07) is 0.407. The van der Waals surface area contributed by atoms with Crippen LogP contribution in [0.15, 0.2) is 0 Å². The van der Waals surface area contributed by atoms with Crippen molar-refractivity contribution in [1.82, 2.24) is 15.0 Å². The highest BCUT2D eigenvalue weighted by molar-refractivity contribution is 5.21. The molecule has 4 nitrogen and oxygen atoms in total. The molecular formula is C10H18N4. The lowest BCUT2D eigenvalue weighted by atomic mass is 10.1. The van der Waals surface area contributed by atoms with E-state index in [2.05, 4.69) is 28.8 Å². The summed E-state index contributed by atoms with van der Waals surface area (Å²) in [6.45, 7) is 4.95. The molecule has 0 aromatic carbocycles. The zero-order valence-electron chi connectivity index (χ0n) is 8.90. The van der Waals surface area contributed by atoms with Crippen LogP contribution in [0.1, 0.15) is 50.0 Å². The van der Waals surface area contributed by atoms with Gasteiger partial charge in [0, 0.05) is 18.4 Å². The van der Waals surface area contributed by atoms with Crippen LogP contribution in [-0.4, -0.2) is 21.5 Å². The maximum atomic E-state index is 5.56. The zero-order valence-corrected chi connectivity index (χ0v) is 8.90. The Morgan fingerprint density at radius 3 is 2.71 bits per heavy atom. The third-order valence-electron chi connectivity index (χ3n) is 2.64. The van der Waals surface area contributed by atoms with Gasteiger partial charge in [0.1, 0.15) is 0 Å². The minimum atomic E-state index is 0.407. The fraction of sp³-hybridized carbons (Fsp3) is 0.800. The largest absolute Gasteiger partial charge is 0.330 e. The first-order chi connectivity index (χ1) is 6.74. The molecule has 0 unspecified atom stereocenters. The molecule has 78 valence electrons. The standard InChI is InChI=1S/C10H18N4/c1-7(2)14-10(8-3-4-8)9(5-6-11)12-13-14/h7-8H,3-6,11H2,1-2H3. The van der Waals surface area contributed by atoms with Crippen LogP contribution in [0.2, 0.25) is 0 Å². The third-order valence-corrected chi connectivity index (χ3v) is 2.64. The van der Waals surface area contributed by atoms with Crippen LogP contribution in [0.5, 0.6) is 0 Å². The second-order valence-electron chi connectivity index (χ2n) is 4.27. The molecule has 0 spiro atoms.